The van der Waals surface area contributed by atoms with Gasteiger partial charge in [0.1, 0.15) is 16.6 Å². The fraction of sp³-hybridized carbons (Fsp3) is 0.500. The van der Waals surface area contributed by atoms with Crippen LogP contribution in [0.5, 0.6) is 0 Å². The minimum Gasteiger partial charge on any atom is -0.393 e. The molecule has 1 amide bonds. The molecule has 2 atom stereocenters. The lowest BCUT2D eigenvalue weighted by atomic mass is 10.4. The fourth-order valence-corrected chi connectivity index (χ4v) is 3.22. The van der Waals surface area contributed by atoms with E-state index < -0.39 is 5.69 Å². The Morgan fingerprint density at radius 1 is 1.72 bits per heavy atom. The van der Waals surface area contributed by atoms with Crippen LogP contribution in [-0.2, 0) is 4.79 Å². The Labute approximate surface area is 108 Å². The number of carbonyl (C=O) groups excluding carboxylic acids is 1. The second-order valence-corrected chi connectivity index (χ2v) is 5.30. The summed E-state index contributed by atoms with van der Waals surface area (Å²) in [6.07, 6.45) is 1.56. The zero-order valence-electron chi connectivity index (χ0n) is 9.81. The molecule has 1 saturated heterocycles. The van der Waals surface area contributed by atoms with Crippen molar-refractivity contribution in [2.24, 2.45) is 0 Å². The highest BCUT2D eigenvalue weighted by atomic mass is 32.2. The highest BCUT2D eigenvalue weighted by Gasteiger charge is 2.35. The molecular weight excluding hydrogens is 256 g/mol. The summed E-state index contributed by atoms with van der Waals surface area (Å²) in [5, 5.41) is 8.66. The van der Waals surface area contributed by atoms with Crippen LogP contribution in [0.25, 0.3) is 0 Å². The Bertz CT molecular complexity index is 518. The van der Waals surface area contributed by atoms with Crippen LogP contribution in [0.2, 0.25) is 0 Å². The molecule has 0 radical (unpaired) electrons. The molecule has 98 valence electrons. The number of anilines is 1. The number of nitrogen functional groups attached to an aromatic ring is 1. The minimum absolute atomic E-state index is 0.125. The lowest BCUT2D eigenvalue weighted by molar-refractivity contribution is -0.129. The van der Waals surface area contributed by atoms with E-state index in [4.69, 9.17) is 5.73 Å². The fourth-order valence-electron chi connectivity index (χ4n) is 1.86. The van der Waals surface area contributed by atoms with Gasteiger partial charge in [0.15, 0.2) is 0 Å². The number of hydrogen-bond donors (Lipinski definition) is 2. The van der Waals surface area contributed by atoms with Gasteiger partial charge in [0, 0.05) is 13.1 Å². The summed E-state index contributed by atoms with van der Waals surface area (Å²) in [6, 6.07) is 1.53. The summed E-state index contributed by atoms with van der Waals surface area (Å²) in [7, 11) is 0. The van der Waals surface area contributed by atoms with Crippen molar-refractivity contribution in [3.8, 4) is 0 Å². The molecule has 1 aliphatic heterocycles. The van der Waals surface area contributed by atoms with Gasteiger partial charge in [-0.05, 0) is 6.07 Å². The molecule has 1 aliphatic rings. The molecule has 0 unspecified atom stereocenters. The predicted molar refractivity (Wildman–Crippen MR) is 67.8 cm³/mol. The maximum atomic E-state index is 11.7. The SMILES string of the molecule is CC(=O)N1C[C@H](n2ccc(N)nc2=O)S[C@@H]1CO. The van der Waals surface area contributed by atoms with Crippen molar-refractivity contribution in [2.45, 2.75) is 17.7 Å². The first kappa shape index (κ1) is 12.9. The molecule has 0 saturated carbocycles. The summed E-state index contributed by atoms with van der Waals surface area (Å²) in [4.78, 5) is 28.3. The highest BCUT2D eigenvalue weighted by Crippen LogP contribution is 2.36. The van der Waals surface area contributed by atoms with Gasteiger partial charge in [-0.15, -0.1) is 11.8 Å². The molecule has 7 nitrogen and oxygen atoms in total. The van der Waals surface area contributed by atoms with E-state index in [0.29, 0.717) is 6.54 Å². The second kappa shape index (κ2) is 4.99. The van der Waals surface area contributed by atoms with E-state index in [1.807, 2.05) is 0 Å². The zero-order valence-corrected chi connectivity index (χ0v) is 10.6. The molecule has 1 fully saturated rings. The van der Waals surface area contributed by atoms with Crippen LogP contribution < -0.4 is 11.4 Å². The van der Waals surface area contributed by atoms with Crippen LogP contribution in [-0.4, -0.2) is 44.0 Å². The van der Waals surface area contributed by atoms with Crippen molar-refractivity contribution in [1.82, 2.24) is 14.5 Å². The van der Waals surface area contributed by atoms with Crippen molar-refractivity contribution >= 4 is 23.5 Å². The van der Waals surface area contributed by atoms with E-state index in [1.165, 1.54) is 34.2 Å². The molecular formula is C10H14N4O3S. The van der Waals surface area contributed by atoms with E-state index >= 15 is 0 Å². The standard InChI is InChI=1S/C10H14N4O3S/c1-6(16)14-4-8(18-9(14)5-15)13-3-2-7(11)12-10(13)17/h2-3,8-9,15H,4-5H2,1H3,(H2,11,12,17)/t8-,9-/m1/s1. The second-order valence-electron chi connectivity index (χ2n) is 3.94. The molecule has 8 heteroatoms. The van der Waals surface area contributed by atoms with Gasteiger partial charge in [0.2, 0.25) is 5.91 Å². The molecule has 3 N–H and O–H groups in total. The van der Waals surface area contributed by atoms with Gasteiger partial charge >= 0.3 is 5.69 Å². The van der Waals surface area contributed by atoms with Gasteiger partial charge in [-0.2, -0.15) is 4.98 Å². The summed E-state index contributed by atoms with van der Waals surface area (Å²) in [6.45, 7) is 1.67. The Balaban J connectivity index is 2.26. The average Bonchev–Trinajstić information content (AvgIpc) is 2.73. The molecule has 1 aromatic heterocycles. The quantitative estimate of drug-likeness (QED) is 0.732. The van der Waals surface area contributed by atoms with Gasteiger partial charge in [-0.1, -0.05) is 0 Å². The Hall–Kier alpha value is -1.54. The number of aliphatic hydroxyl groups excluding tert-OH is 1. The number of thioether (sulfide) groups is 1. The van der Waals surface area contributed by atoms with Crippen molar-refractivity contribution in [3.63, 3.8) is 0 Å². The van der Waals surface area contributed by atoms with Crippen LogP contribution in [0, 0.1) is 0 Å². The first-order chi connectivity index (χ1) is 8.52. The number of nitrogens with zero attached hydrogens (tertiary/aromatic N) is 3. The van der Waals surface area contributed by atoms with Crippen molar-refractivity contribution in [3.05, 3.63) is 22.7 Å². The summed E-state index contributed by atoms with van der Waals surface area (Å²) < 4.78 is 1.42. The lowest BCUT2D eigenvalue weighted by Crippen LogP contribution is -2.36. The van der Waals surface area contributed by atoms with Crippen molar-refractivity contribution in [2.75, 3.05) is 18.9 Å². The van der Waals surface area contributed by atoms with Crippen molar-refractivity contribution in [1.29, 1.82) is 0 Å². The Morgan fingerprint density at radius 3 is 2.94 bits per heavy atom. The van der Waals surface area contributed by atoms with Crippen LogP contribution in [0.1, 0.15) is 12.3 Å². The third-order valence-electron chi connectivity index (χ3n) is 2.74. The molecule has 2 heterocycles. The van der Waals surface area contributed by atoms with Gasteiger partial charge in [-0.25, -0.2) is 4.79 Å². The van der Waals surface area contributed by atoms with Crippen LogP contribution in [0.15, 0.2) is 17.1 Å². The highest BCUT2D eigenvalue weighted by molar-refractivity contribution is 8.00. The molecule has 0 aliphatic carbocycles. The molecule has 18 heavy (non-hydrogen) atoms. The number of nitrogens with two attached hydrogens (primary N) is 1. The largest absolute Gasteiger partial charge is 0.393 e. The van der Waals surface area contributed by atoms with Gasteiger partial charge in [-0.3, -0.25) is 9.36 Å². The number of aliphatic hydroxyl groups is 1. The van der Waals surface area contributed by atoms with E-state index in [-0.39, 0.29) is 29.1 Å². The normalized spacial score (nSPS) is 23.3. The summed E-state index contributed by atoms with van der Waals surface area (Å²) in [5.41, 5.74) is 4.97. The average molecular weight is 270 g/mol. The van der Waals surface area contributed by atoms with E-state index in [0.717, 1.165) is 0 Å². The first-order valence-electron chi connectivity index (χ1n) is 5.41. The number of aromatic nitrogens is 2. The van der Waals surface area contributed by atoms with Crippen molar-refractivity contribution < 1.29 is 9.90 Å². The predicted octanol–water partition coefficient (Wildman–Crippen LogP) is -0.762. The van der Waals surface area contributed by atoms with Crippen LogP contribution in [0.4, 0.5) is 5.82 Å². The van der Waals surface area contributed by atoms with Gasteiger partial charge < -0.3 is 15.7 Å². The number of rotatable bonds is 2. The lowest BCUT2D eigenvalue weighted by Gasteiger charge is -2.19. The molecule has 0 spiro atoms. The Morgan fingerprint density at radius 2 is 2.44 bits per heavy atom. The summed E-state index contributed by atoms with van der Waals surface area (Å²) >= 11 is 1.36. The summed E-state index contributed by atoms with van der Waals surface area (Å²) in [5.74, 6) is 0.0434. The Kier molecular flexibility index (Phi) is 3.58. The molecule has 1 aromatic rings. The number of hydrogen-bond acceptors (Lipinski definition) is 6. The monoisotopic (exact) mass is 270 g/mol. The minimum atomic E-state index is -0.449. The first-order valence-corrected chi connectivity index (χ1v) is 6.35. The third kappa shape index (κ3) is 2.34. The zero-order chi connectivity index (χ0) is 13.3. The van der Waals surface area contributed by atoms with E-state index in [9.17, 15) is 14.7 Å². The maximum Gasteiger partial charge on any atom is 0.350 e. The molecule has 0 aromatic carbocycles. The van der Waals surface area contributed by atoms with E-state index in [2.05, 4.69) is 4.98 Å². The van der Waals surface area contributed by atoms with Crippen LogP contribution >= 0.6 is 11.8 Å². The van der Waals surface area contributed by atoms with E-state index in [1.54, 1.807) is 6.20 Å². The topological polar surface area (TPSA) is 101 Å². The van der Waals surface area contributed by atoms with Gasteiger partial charge in [0.05, 0.1) is 13.2 Å². The van der Waals surface area contributed by atoms with Gasteiger partial charge in [0.25, 0.3) is 0 Å². The maximum absolute atomic E-state index is 11.7. The molecule has 0 bridgehead atoms. The number of amides is 1. The number of carbonyl (C=O) groups is 1. The third-order valence-corrected chi connectivity index (χ3v) is 4.15. The molecule has 2 rings (SSSR count). The van der Waals surface area contributed by atoms with Crippen LogP contribution in [0.3, 0.4) is 0 Å². The smallest absolute Gasteiger partial charge is 0.350 e.